The van der Waals surface area contributed by atoms with E-state index in [1.807, 2.05) is 0 Å². The summed E-state index contributed by atoms with van der Waals surface area (Å²) in [4.78, 5) is 11.6. The van der Waals surface area contributed by atoms with Crippen molar-refractivity contribution in [1.82, 2.24) is 0 Å². The second-order valence-electron chi connectivity index (χ2n) is 6.43. The van der Waals surface area contributed by atoms with E-state index in [0.717, 1.165) is 0 Å². The van der Waals surface area contributed by atoms with Crippen LogP contribution in [0, 0.1) is 0 Å². The van der Waals surface area contributed by atoms with Crippen molar-refractivity contribution in [3.8, 4) is 0 Å². The van der Waals surface area contributed by atoms with Crippen molar-refractivity contribution in [3.05, 3.63) is 12.2 Å². The lowest BCUT2D eigenvalue weighted by Crippen LogP contribution is -2.87. The molecule has 0 radical (unpaired) electrons. The van der Waals surface area contributed by atoms with Crippen LogP contribution in [0.3, 0.4) is 0 Å². The van der Waals surface area contributed by atoms with E-state index in [4.69, 9.17) is 0 Å². The molecular weight excluding hydrogens is 434 g/mol. The van der Waals surface area contributed by atoms with Gasteiger partial charge in [0.1, 0.15) is 0 Å². The van der Waals surface area contributed by atoms with Crippen LogP contribution in [-0.4, -0.2) is 52.3 Å². The summed E-state index contributed by atoms with van der Waals surface area (Å²) in [6.07, 6.45) is -17.1. The Hall–Kier alpha value is -1.57. The van der Waals surface area contributed by atoms with E-state index in [9.17, 15) is 53.8 Å². The number of esters is 1. The van der Waals surface area contributed by atoms with Gasteiger partial charge in [0.15, 0.2) is 0 Å². The number of ether oxygens (including phenoxy) is 2. The molecule has 170 valence electrons. The van der Waals surface area contributed by atoms with E-state index in [0.29, 0.717) is 13.8 Å². The third kappa shape index (κ3) is 2.93. The molecule has 3 atom stereocenters. The van der Waals surface area contributed by atoms with Crippen molar-refractivity contribution < 1.29 is 63.3 Å². The summed E-state index contributed by atoms with van der Waals surface area (Å²) >= 11 is 0. The van der Waals surface area contributed by atoms with Crippen LogP contribution >= 0.6 is 0 Å². The van der Waals surface area contributed by atoms with Gasteiger partial charge in [-0.3, -0.25) is 0 Å². The Labute approximate surface area is 157 Å². The number of hydrogen-bond donors (Lipinski definition) is 1. The lowest BCUT2D eigenvalue weighted by molar-refractivity contribution is -0.557. The Morgan fingerprint density at radius 3 is 1.69 bits per heavy atom. The van der Waals surface area contributed by atoms with Gasteiger partial charge in [0, 0.05) is 5.57 Å². The van der Waals surface area contributed by atoms with Crippen molar-refractivity contribution in [2.45, 2.75) is 74.8 Å². The molecule has 1 fully saturated rings. The van der Waals surface area contributed by atoms with Crippen LogP contribution in [0.2, 0.25) is 0 Å². The highest BCUT2D eigenvalue weighted by atomic mass is 19.4. The molecule has 0 aromatic carbocycles. The van der Waals surface area contributed by atoms with Crippen LogP contribution < -0.4 is 0 Å². The Morgan fingerprint density at radius 1 is 0.966 bits per heavy atom. The smallest absolute Gasteiger partial charge is 0.414 e. The number of rotatable bonds is 4. The minimum absolute atomic E-state index is 0.280. The number of halogens is 10. The topological polar surface area (TPSA) is 55.8 Å². The Bertz CT molecular complexity index is 686. The molecule has 3 unspecified atom stereocenters. The normalized spacial score (nSPS) is 34.6. The van der Waals surface area contributed by atoms with Crippen LogP contribution in [0.5, 0.6) is 0 Å². The molecule has 0 amide bonds. The third-order valence-electron chi connectivity index (χ3n) is 4.70. The summed E-state index contributed by atoms with van der Waals surface area (Å²) in [5, 5.41) is 9.92. The molecule has 0 saturated carbocycles. The van der Waals surface area contributed by atoms with Gasteiger partial charge in [-0.05, 0) is 19.8 Å². The molecule has 14 heteroatoms. The van der Waals surface area contributed by atoms with Crippen molar-refractivity contribution >= 4 is 5.97 Å². The summed E-state index contributed by atoms with van der Waals surface area (Å²) < 4.78 is 148. The maximum atomic E-state index is 14.8. The molecule has 1 heterocycles. The quantitative estimate of drug-likeness (QED) is 0.389. The zero-order valence-electron chi connectivity index (χ0n) is 15.1. The van der Waals surface area contributed by atoms with Gasteiger partial charge in [0.2, 0.25) is 11.2 Å². The van der Waals surface area contributed by atoms with Gasteiger partial charge in [0.05, 0.1) is 0 Å². The van der Waals surface area contributed by atoms with Gasteiger partial charge in [-0.1, -0.05) is 20.4 Å². The standard InChI is InChI=1S/C15H16F10O4/c1-5-9(27)11(16,17)10(6-2,14(20,21)22)29-13(12(9,18)19,15(23,24)25)28-8(26)7(3)4/h27H,3,5-6H2,1-2,4H3. The predicted molar refractivity (Wildman–Crippen MR) is 75.0 cm³/mol. The molecule has 0 spiro atoms. The average Bonchev–Trinajstić information content (AvgIpc) is 2.53. The van der Waals surface area contributed by atoms with E-state index in [1.165, 1.54) is 0 Å². The molecule has 0 aromatic rings. The first-order chi connectivity index (χ1) is 12.7. The van der Waals surface area contributed by atoms with E-state index >= 15 is 0 Å². The summed E-state index contributed by atoms with van der Waals surface area (Å²) in [5.41, 5.74) is -11.5. The number of carbonyl (C=O) groups is 1. The molecule has 1 aliphatic rings. The fourth-order valence-electron chi connectivity index (χ4n) is 2.95. The van der Waals surface area contributed by atoms with Gasteiger partial charge in [0.25, 0.3) is 0 Å². The molecule has 1 rings (SSSR count). The predicted octanol–water partition coefficient (Wildman–Crippen LogP) is 4.52. The average molecular weight is 450 g/mol. The highest BCUT2D eigenvalue weighted by molar-refractivity contribution is 5.87. The second-order valence-corrected chi connectivity index (χ2v) is 6.43. The van der Waals surface area contributed by atoms with E-state index in [-0.39, 0.29) is 6.92 Å². The molecule has 1 aliphatic heterocycles. The van der Waals surface area contributed by atoms with Crippen LogP contribution in [-0.2, 0) is 14.3 Å². The molecule has 4 nitrogen and oxygen atoms in total. The summed E-state index contributed by atoms with van der Waals surface area (Å²) in [6, 6.07) is 0. The van der Waals surface area contributed by atoms with Gasteiger partial charge in [-0.2, -0.15) is 43.9 Å². The zero-order chi connectivity index (χ0) is 23.5. The molecule has 0 aromatic heterocycles. The number of hydrogen-bond acceptors (Lipinski definition) is 4. The van der Waals surface area contributed by atoms with E-state index in [2.05, 4.69) is 16.1 Å². The van der Waals surface area contributed by atoms with Crippen LogP contribution in [0.25, 0.3) is 0 Å². The lowest BCUT2D eigenvalue weighted by atomic mass is 9.69. The van der Waals surface area contributed by atoms with Crippen LogP contribution in [0.1, 0.15) is 33.6 Å². The Balaban J connectivity index is 4.13. The van der Waals surface area contributed by atoms with Crippen LogP contribution in [0.15, 0.2) is 12.2 Å². The number of alkyl halides is 10. The zero-order valence-corrected chi connectivity index (χ0v) is 15.1. The van der Waals surface area contributed by atoms with Crippen molar-refractivity contribution in [1.29, 1.82) is 0 Å². The van der Waals surface area contributed by atoms with Gasteiger partial charge in [-0.25, -0.2) is 4.79 Å². The third-order valence-corrected chi connectivity index (χ3v) is 4.70. The highest BCUT2D eigenvalue weighted by Crippen LogP contribution is 2.67. The first-order valence-electron chi connectivity index (χ1n) is 7.86. The van der Waals surface area contributed by atoms with Crippen molar-refractivity contribution in [3.63, 3.8) is 0 Å². The summed E-state index contributed by atoms with van der Waals surface area (Å²) in [6.45, 7) is 4.05. The fraction of sp³-hybridized carbons (Fsp3) is 0.800. The monoisotopic (exact) mass is 450 g/mol. The molecule has 1 N–H and O–H groups in total. The molecule has 0 bridgehead atoms. The minimum atomic E-state index is -6.69. The van der Waals surface area contributed by atoms with Gasteiger partial charge in [-0.15, -0.1) is 0 Å². The maximum absolute atomic E-state index is 14.8. The number of aliphatic hydroxyl groups is 1. The second kappa shape index (κ2) is 6.72. The number of carbonyl (C=O) groups excluding carboxylic acids is 1. The van der Waals surface area contributed by atoms with E-state index < -0.39 is 65.6 Å². The van der Waals surface area contributed by atoms with Crippen molar-refractivity contribution in [2.24, 2.45) is 0 Å². The summed E-state index contributed by atoms with van der Waals surface area (Å²) in [5.74, 6) is -20.5. The van der Waals surface area contributed by atoms with Crippen LogP contribution in [0.4, 0.5) is 43.9 Å². The van der Waals surface area contributed by atoms with Crippen molar-refractivity contribution in [2.75, 3.05) is 0 Å². The summed E-state index contributed by atoms with van der Waals surface area (Å²) in [7, 11) is 0. The SMILES string of the molecule is C=C(C)C(=O)OC1(C(F)(F)F)OC(CC)(C(F)(F)F)C(F)(F)C(O)(CC)C1(F)F. The molecular formula is C15H16F10O4. The first kappa shape index (κ1) is 25.5. The first-order valence-corrected chi connectivity index (χ1v) is 7.86. The molecule has 29 heavy (non-hydrogen) atoms. The van der Waals surface area contributed by atoms with Gasteiger partial charge >= 0.3 is 36.0 Å². The van der Waals surface area contributed by atoms with Gasteiger partial charge < -0.3 is 14.6 Å². The maximum Gasteiger partial charge on any atom is 0.462 e. The van der Waals surface area contributed by atoms with E-state index in [1.54, 1.807) is 0 Å². The Kier molecular flexibility index (Phi) is 5.90. The Morgan fingerprint density at radius 2 is 1.41 bits per heavy atom. The highest BCUT2D eigenvalue weighted by Gasteiger charge is 2.96. The molecule has 1 saturated heterocycles. The lowest BCUT2D eigenvalue weighted by Gasteiger charge is -2.59. The molecule has 0 aliphatic carbocycles. The minimum Gasteiger partial charge on any atom is -0.414 e. The fourth-order valence-corrected chi connectivity index (χ4v) is 2.95. The largest absolute Gasteiger partial charge is 0.462 e.